The van der Waals surface area contributed by atoms with E-state index in [0.717, 1.165) is 17.9 Å². The molecule has 9 heteroatoms. The van der Waals surface area contributed by atoms with Crippen molar-refractivity contribution >= 4 is 41.5 Å². The zero-order chi connectivity index (χ0) is 21.8. The van der Waals surface area contributed by atoms with Crippen molar-refractivity contribution in [2.45, 2.75) is 26.5 Å². The molecule has 0 bridgehead atoms. The standard InChI is InChI=1S/C22H30ClN3O4.HI/c1-4-24-22(25-14-16(2)30-19-8-6-18(23)7-9-19)26-15-17-5-10-20(29-12-11-27)21(13-17)28-3;/h5-10,13,16,27H,4,11-12,14-15H2,1-3H3,(H2,24,25,26);1H. The first-order chi connectivity index (χ1) is 14.5. The molecule has 0 aromatic heterocycles. The monoisotopic (exact) mass is 563 g/mol. The third-order valence-corrected chi connectivity index (χ3v) is 4.30. The predicted octanol–water partition coefficient (Wildman–Crippen LogP) is 3.86. The molecule has 0 spiro atoms. The van der Waals surface area contributed by atoms with Crippen LogP contribution in [-0.2, 0) is 6.54 Å². The Morgan fingerprint density at radius 3 is 2.52 bits per heavy atom. The van der Waals surface area contributed by atoms with Crippen molar-refractivity contribution in [3.63, 3.8) is 0 Å². The van der Waals surface area contributed by atoms with Gasteiger partial charge in [-0.15, -0.1) is 24.0 Å². The smallest absolute Gasteiger partial charge is 0.191 e. The molecule has 172 valence electrons. The van der Waals surface area contributed by atoms with Crippen molar-refractivity contribution in [2.24, 2.45) is 4.99 Å². The average molecular weight is 564 g/mol. The topological polar surface area (TPSA) is 84.3 Å². The quantitative estimate of drug-likeness (QED) is 0.219. The van der Waals surface area contributed by atoms with Gasteiger partial charge in [0, 0.05) is 11.6 Å². The van der Waals surface area contributed by atoms with Crippen LogP contribution in [0.1, 0.15) is 19.4 Å². The molecule has 1 unspecified atom stereocenters. The van der Waals surface area contributed by atoms with Gasteiger partial charge in [-0.25, -0.2) is 4.99 Å². The lowest BCUT2D eigenvalue weighted by atomic mass is 10.2. The maximum Gasteiger partial charge on any atom is 0.191 e. The number of methoxy groups -OCH3 is 1. The normalized spacial score (nSPS) is 11.8. The number of halogens is 2. The number of aliphatic hydroxyl groups excluding tert-OH is 1. The van der Waals surface area contributed by atoms with E-state index < -0.39 is 0 Å². The highest BCUT2D eigenvalue weighted by atomic mass is 127. The van der Waals surface area contributed by atoms with E-state index in [-0.39, 0.29) is 43.3 Å². The number of nitrogens with zero attached hydrogens (tertiary/aromatic N) is 1. The Hall–Kier alpha value is -1.91. The highest BCUT2D eigenvalue weighted by Gasteiger charge is 2.08. The molecule has 0 radical (unpaired) electrons. The van der Waals surface area contributed by atoms with Gasteiger partial charge in [-0.1, -0.05) is 17.7 Å². The van der Waals surface area contributed by atoms with Gasteiger partial charge in [0.1, 0.15) is 18.5 Å². The predicted molar refractivity (Wildman–Crippen MR) is 135 cm³/mol. The van der Waals surface area contributed by atoms with Gasteiger partial charge in [-0.05, 0) is 55.8 Å². The summed E-state index contributed by atoms with van der Waals surface area (Å²) < 4.78 is 16.7. The number of rotatable bonds is 11. The van der Waals surface area contributed by atoms with E-state index in [2.05, 4.69) is 15.6 Å². The van der Waals surface area contributed by atoms with E-state index in [9.17, 15) is 0 Å². The molecule has 2 aromatic rings. The molecule has 0 aliphatic carbocycles. The van der Waals surface area contributed by atoms with Crippen LogP contribution < -0.4 is 24.8 Å². The second-order valence-electron chi connectivity index (χ2n) is 6.52. The van der Waals surface area contributed by atoms with Crippen molar-refractivity contribution in [1.29, 1.82) is 0 Å². The fraction of sp³-hybridized carbons (Fsp3) is 0.409. The molecule has 1 atom stereocenters. The number of hydrogen-bond acceptors (Lipinski definition) is 5. The largest absolute Gasteiger partial charge is 0.493 e. The fourth-order valence-corrected chi connectivity index (χ4v) is 2.75. The lowest BCUT2D eigenvalue weighted by molar-refractivity contribution is 0.196. The van der Waals surface area contributed by atoms with Crippen LogP contribution in [0.25, 0.3) is 0 Å². The highest BCUT2D eigenvalue weighted by molar-refractivity contribution is 14.0. The molecule has 0 fully saturated rings. The number of ether oxygens (including phenoxy) is 3. The van der Waals surface area contributed by atoms with Crippen LogP contribution in [-0.4, -0.2) is 50.6 Å². The maximum atomic E-state index is 8.91. The summed E-state index contributed by atoms with van der Waals surface area (Å²) in [4.78, 5) is 4.63. The van der Waals surface area contributed by atoms with E-state index in [4.69, 9.17) is 30.9 Å². The Morgan fingerprint density at radius 1 is 1.13 bits per heavy atom. The molecule has 2 rings (SSSR count). The molecule has 3 N–H and O–H groups in total. The molecule has 7 nitrogen and oxygen atoms in total. The molecule has 2 aromatic carbocycles. The second kappa shape index (κ2) is 15.0. The van der Waals surface area contributed by atoms with Gasteiger partial charge < -0.3 is 30.0 Å². The summed E-state index contributed by atoms with van der Waals surface area (Å²) in [5, 5.41) is 16.1. The maximum absolute atomic E-state index is 8.91. The van der Waals surface area contributed by atoms with Crippen LogP contribution in [0.3, 0.4) is 0 Å². The lowest BCUT2D eigenvalue weighted by Gasteiger charge is -2.18. The van der Waals surface area contributed by atoms with Crippen molar-refractivity contribution in [2.75, 3.05) is 33.4 Å². The van der Waals surface area contributed by atoms with Crippen LogP contribution >= 0.6 is 35.6 Å². The summed E-state index contributed by atoms with van der Waals surface area (Å²) in [5.74, 6) is 2.67. The number of guanidine groups is 1. The molecule has 0 heterocycles. The SMILES string of the molecule is CCNC(=NCc1ccc(OCCO)c(OC)c1)NCC(C)Oc1ccc(Cl)cc1.I. The number of nitrogens with one attached hydrogen (secondary N) is 2. The average Bonchev–Trinajstić information content (AvgIpc) is 2.76. The molecule has 0 saturated heterocycles. The van der Waals surface area contributed by atoms with E-state index in [1.165, 1.54) is 0 Å². The minimum atomic E-state index is -0.0573. The highest BCUT2D eigenvalue weighted by Crippen LogP contribution is 2.28. The Bertz CT molecular complexity index is 806. The van der Waals surface area contributed by atoms with Crippen LogP contribution in [0.4, 0.5) is 0 Å². The Morgan fingerprint density at radius 2 is 1.87 bits per heavy atom. The van der Waals surface area contributed by atoms with Gasteiger partial charge in [0.15, 0.2) is 17.5 Å². The minimum absolute atomic E-state index is 0. The second-order valence-corrected chi connectivity index (χ2v) is 6.95. The first-order valence-electron chi connectivity index (χ1n) is 9.90. The van der Waals surface area contributed by atoms with E-state index in [0.29, 0.717) is 35.6 Å². The third-order valence-electron chi connectivity index (χ3n) is 4.05. The molecule has 31 heavy (non-hydrogen) atoms. The first kappa shape index (κ1) is 27.1. The van der Waals surface area contributed by atoms with Crippen molar-refractivity contribution in [1.82, 2.24) is 10.6 Å². The van der Waals surface area contributed by atoms with Crippen molar-refractivity contribution in [3.05, 3.63) is 53.1 Å². The van der Waals surface area contributed by atoms with Crippen LogP contribution in [0, 0.1) is 0 Å². The van der Waals surface area contributed by atoms with Gasteiger partial charge >= 0.3 is 0 Å². The molecule has 0 amide bonds. The lowest BCUT2D eigenvalue weighted by Crippen LogP contribution is -2.41. The Labute approximate surface area is 206 Å². The zero-order valence-electron chi connectivity index (χ0n) is 18.1. The molecule has 0 aliphatic rings. The fourth-order valence-electron chi connectivity index (χ4n) is 2.62. The van der Waals surface area contributed by atoms with Crippen LogP contribution in [0.2, 0.25) is 5.02 Å². The van der Waals surface area contributed by atoms with Crippen molar-refractivity contribution in [3.8, 4) is 17.2 Å². The minimum Gasteiger partial charge on any atom is -0.493 e. The van der Waals surface area contributed by atoms with Crippen LogP contribution in [0.15, 0.2) is 47.5 Å². The number of aliphatic hydroxyl groups is 1. The van der Waals surface area contributed by atoms with Gasteiger partial charge in [-0.3, -0.25) is 0 Å². The van der Waals surface area contributed by atoms with Gasteiger partial charge in [-0.2, -0.15) is 0 Å². The van der Waals surface area contributed by atoms with Crippen molar-refractivity contribution < 1.29 is 19.3 Å². The van der Waals surface area contributed by atoms with Gasteiger partial charge in [0.2, 0.25) is 0 Å². The zero-order valence-corrected chi connectivity index (χ0v) is 21.1. The third kappa shape index (κ3) is 9.84. The summed E-state index contributed by atoms with van der Waals surface area (Å²) >= 11 is 5.90. The number of benzene rings is 2. The molecule has 0 saturated carbocycles. The summed E-state index contributed by atoms with van der Waals surface area (Å²) in [5.41, 5.74) is 0.978. The van der Waals surface area contributed by atoms with E-state index in [1.807, 2.05) is 44.2 Å². The Kier molecular flexibility index (Phi) is 13.1. The molecular formula is C22H31ClIN3O4. The summed E-state index contributed by atoms with van der Waals surface area (Å²) in [6.45, 7) is 5.98. The van der Waals surface area contributed by atoms with E-state index >= 15 is 0 Å². The van der Waals surface area contributed by atoms with Gasteiger partial charge in [0.05, 0.1) is 26.8 Å². The Balaban J connectivity index is 0.00000480. The van der Waals surface area contributed by atoms with Crippen LogP contribution in [0.5, 0.6) is 17.2 Å². The summed E-state index contributed by atoms with van der Waals surface area (Å²) in [7, 11) is 1.59. The number of hydrogen-bond donors (Lipinski definition) is 3. The van der Waals surface area contributed by atoms with Gasteiger partial charge in [0.25, 0.3) is 0 Å². The summed E-state index contributed by atoms with van der Waals surface area (Å²) in [6, 6.07) is 12.9. The molecular weight excluding hydrogens is 533 g/mol. The van der Waals surface area contributed by atoms with E-state index in [1.54, 1.807) is 19.2 Å². The summed E-state index contributed by atoms with van der Waals surface area (Å²) in [6.07, 6.45) is -0.0573. The number of aliphatic imine (C=N–C) groups is 1. The first-order valence-corrected chi connectivity index (χ1v) is 10.3. The molecule has 0 aliphatic heterocycles.